The highest BCUT2D eigenvalue weighted by Gasteiger charge is 2.29. The smallest absolute Gasteiger partial charge is 0.325 e. The van der Waals surface area contributed by atoms with E-state index in [0.29, 0.717) is 0 Å². The zero-order valence-corrected chi connectivity index (χ0v) is 10.5. The van der Waals surface area contributed by atoms with Gasteiger partial charge in [-0.05, 0) is 25.0 Å². The van der Waals surface area contributed by atoms with Crippen LogP contribution in [-0.4, -0.2) is 17.1 Å². The first-order valence-corrected chi connectivity index (χ1v) is 6.52. The van der Waals surface area contributed by atoms with E-state index in [1.54, 1.807) is 0 Å². The molecule has 1 aliphatic rings. The Morgan fingerprint density at radius 1 is 1.21 bits per heavy atom. The van der Waals surface area contributed by atoms with Crippen molar-refractivity contribution < 1.29 is 18.7 Å². The molecule has 1 unspecified atom stereocenters. The molecule has 0 heterocycles. The van der Waals surface area contributed by atoms with Gasteiger partial charge >= 0.3 is 5.97 Å². The summed E-state index contributed by atoms with van der Waals surface area (Å²) in [6.07, 6.45) is 4.86. The first kappa shape index (κ1) is 13.9. The van der Waals surface area contributed by atoms with Gasteiger partial charge in [-0.15, -0.1) is 0 Å². The highest BCUT2D eigenvalue weighted by molar-refractivity contribution is 5.75. The van der Waals surface area contributed by atoms with Gasteiger partial charge in [0.2, 0.25) is 0 Å². The first-order valence-electron chi connectivity index (χ1n) is 6.52. The van der Waals surface area contributed by atoms with Crippen LogP contribution in [-0.2, 0) is 4.79 Å². The van der Waals surface area contributed by atoms with Crippen LogP contribution < -0.4 is 5.32 Å². The summed E-state index contributed by atoms with van der Waals surface area (Å²) in [5.74, 6) is -2.90. The Morgan fingerprint density at radius 3 is 2.32 bits per heavy atom. The third-order valence-corrected chi connectivity index (χ3v) is 3.54. The lowest BCUT2D eigenvalue weighted by molar-refractivity contribution is -0.140. The van der Waals surface area contributed by atoms with Crippen molar-refractivity contribution in [2.24, 2.45) is 0 Å². The maximum absolute atomic E-state index is 13.7. The monoisotopic (exact) mass is 269 g/mol. The summed E-state index contributed by atoms with van der Waals surface area (Å²) in [6.45, 7) is 0. The normalized spacial score (nSPS) is 18.2. The number of hydrogen-bond donors (Lipinski definition) is 2. The van der Waals surface area contributed by atoms with E-state index < -0.39 is 29.2 Å². The summed E-state index contributed by atoms with van der Waals surface area (Å²) in [4.78, 5) is 11.3. The van der Waals surface area contributed by atoms with Crippen LogP contribution in [0.2, 0.25) is 0 Å². The van der Waals surface area contributed by atoms with Crippen LogP contribution >= 0.6 is 0 Å². The lowest BCUT2D eigenvalue weighted by atomic mass is 9.94. The summed E-state index contributed by atoms with van der Waals surface area (Å²) in [5, 5.41) is 12.1. The minimum atomic E-state index is -1.33. The third kappa shape index (κ3) is 3.29. The summed E-state index contributed by atoms with van der Waals surface area (Å²) in [6, 6.07) is 2.07. The molecule has 2 rings (SSSR count). The highest BCUT2D eigenvalue weighted by Crippen LogP contribution is 2.25. The molecule has 2 N–H and O–H groups in total. The number of aliphatic carboxylic acids is 1. The van der Waals surface area contributed by atoms with Crippen molar-refractivity contribution in [1.82, 2.24) is 5.32 Å². The van der Waals surface area contributed by atoms with Gasteiger partial charge < -0.3 is 5.11 Å². The van der Waals surface area contributed by atoms with E-state index in [1.165, 1.54) is 6.07 Å². The molecule has 1 aliphatic carbocycles. The predicted octanol–water partition coefficient (Wildman–Crippen LogP) is 3.01. The molecular weight excluding hydrogens is 252 g/mol. The van der Waals surface area contributed by atoms with Crippen molar-refractivity contribution in [3.05, 3.63) is 35.4 Å². The lowest BCUT2D eigenvalue weighted by Crippen LogP contribution is -2.39. The molecule has 0 saturated heterocycles. The van der Waals surface area contributed by atoms with Crippen LogP contribution in [0.1, 0.15) is 43.7 Å². The van der Waals surface area contributed by atoms with Crippen molar-refractivity contribution in [3.8, 4) is 0 Å². The van der Waals surface area contributed by atoms with Gasteiger partial charge in [0, 0.05) is 6.04 Å². The summed E-state index contributed by atoms with van der Waals surface area (Å²) in [7, 11) is 0. The molecule has 3 nitrogen and oxygen atoms in total. The Morgan fingerprint density at radius 2 is 1.79 bits per heavy atom. The summed E-state index contributed by atoms with van der Waals surface area (Å²) >= 11 is 0. The van der Waals surface area contributed by atoms with E-state index in [2.05, 4.69) is 5.32 Å². The van der Waals surface area contributed by atoms with E-state index in [-0.39, 0.29) is 6.04 Å². The number of hydrogen-bond acceptors (Lipinski definition) is 2. The SMILES string of the molecule is O=C(O)C(NC1CCCCC1)c1c(F)cccc1F. The fourth-order valence-electron chi connectivity index (χ4n) is 2.57. The van der Waals surface area contributed by atoms with E-state index in [1.807, 2.05) is 0 Å². The molecule has 104 valence electrons. The molecule has 0 spiro atoms. The second kappa shape index (κ2) is 6.10. The van der Waals surface area contributed by atoms with Crippen LogP contribution in [0.3, 0.4) is 0 Å². The average Bonchev–Trinajstić information content (AvgIpc) is 2.38. The molecule has 0 amide bonds. The van der Waals surface area contributed by atoms with Crippen LogP contribution in [0.15, 0.2) is 18.2 Å². The van der Waals surface area contributed by atoms with Gasteiger partial charge in [-0.3, -0.25) is 10.1 Å². The van der Waals surface area contributed by atoms with Gasteiger partial charge in [-0.25, -0.2) is 8.78 Å². The second-order valence-corrected chi connectivity index (χ2v) is 4.91. The minimum Gasteiger partial charge on any atom is -0.480 e. The number of carboxylic acids is 1. The molecule has 0 bridgehead atoms. The van der Waals surface area contributed by atoms with Gasteiger partial charge in [0.15, 0.2) is 0 Å². The number of nitrogens with one attached hydrogen (secondary N) is 1. The molecule has 19 heavy (non-hydrogen) atoms. The first-order chi connectivity index (χ1) is 9.09. The number of halogens is 2. The van der Waals surface area contributed by atoms with Crippen molar-refractivity contribution in [3.63, 3.8) is 0 Å². The summed E-state index contributed by atoms with van der Waals surface area (Å²) in [5.41, 5.74) is -0.402. The predicted molar refractivity (Wildman–Crippen MR) is 66.7 cm³/mol. The van der Waals surface area contributed by atoms with Gasteiger partial charge in [-0.1, -0.05) is 25.3 Å². The maximum atomic E-state index is 13.7. The number of rotatable bonds is 4. The van der Waals surface area contributed by atoms with Crippen molar-refractivity contribution >= 4 is 5.97 Å². The summed E-state index contributed by atoms with van der Waals surface area (Å²) < 4.78 is 27.3. The van der Waals surface area contributed by atoms with Gasteiger partial charge in [0.25, 0.3) is 0 Å². The van der Waals surface area contributed by atoms with Crippen molar-refractivity contribution in [1.29, 1.82) is 0 Å². The number of benzene rings is 1. The molecule has 1 saturated carbocycles. The Hall–Kier alpha value is -1.49. The third-order valence-electron chi connectivity index (χ3n) is 3.54. The maximum Gasteiger partial charge on any atom is 0.325 e. The lowest BCUT2D eigenvalue weighted by Gasteiger charge is -2.27. The minimum absolute atomic E-state index is 0.00820. The van der Waals surface area contributed by atoms with Gasteiger partial charge in [-0.2, -0.15) is 0 Å². The molecule has 5 heteroatoms. The van der Waals surface area contributed by atoms with E-state index in [0.717, 1.165) is 44.2 Å². The van der Waals surface area contributed by atoms with Gasteiger partial charge in [0.1, 0.15) is 17.7 Å². The Labute approximate surface area is 110 Å². The highest BCUT2D eigenvalue weighted by atomic mass is 19.1. The molecule has 1 fully saturated rings. The molecule has 1 aromatic carbocycles. The fourth-order valence-corrected chi connectivity index (χ4v) is 2.57. The second-order valence-electron chi connectivity index (χ2n) is 4.91. The molecule has 0 aromatic heterocycles. The van der Waals surface area contributed by atoms with E-state index in [9.17, 15) is 18.7 Å². The molecule has 0 aliphatic heterocycles. The van der Waals surface area contributed by atoms with Gasteiger partial charge in [0.05, 0.1) is 5.56 Å². The quantitative estimate of drug-likeness (QED) is 0.883. The number of carbonyl (C=O) groups is 1. The molecule has 0 radical (unpaired) electrons. The van der Waals surface area contributed by atoms with E-state index in [4.69, 9.17) is 0 Å². The zero-order valence-electron chi connectivity index (χ0n) is 10.5. The molecule has 1 aromatic rings. The topological polar surface area (TPSA) is 49.3 Å². The molecular formula is C14H17F2NO2. The average molecular weight is 269 g/mol. The Bertz CT molecular complexity index is 439. The largest absolute Gasteiger partial charge is 0.480 e. The van der Waals surface area contributed by atoms with Crippen LogP contribution in [0.4, 0.5) is 8.78 Å². The Balaban J connectivity index is 2.22. The fraction of sp³-hybridized carbons (Fsp3) is 0.500. The van der Waals surface area contributed by atoms with Crippen LogP contribution in [0, 0.1) is 11.6 Å². The Kier molecular flexibility index (Phi) is 4.47. The standard InChI is InChI=1S/C14H17F2NO2/c15-10-7-4-8-11(16)12(10)13(14(18)19)17-9-5-2-1-3-6-9/h4,7-9,13,17H,1-3,5-6H2,(H,18,19). The van der Waals surface area contributed by atoms with Crippen molar-refractivity contribution in [2.75, 3.05) is 0 Å². The van der Waals surface area contributed by atoms with Crippen molar-refractivity contribution in [2.45, 2.75) is 44.2 Å². The molecule has 1 atom stereocenters. The zero-order chi connectivity index (χ0) is 13.8. The number of carboxylic acid groups (broad SMARTS) is 1. The van der Waals surface area contributed by atoms with E-state index >= 15 is 0 Å². The van der Waals surface area contributed by atoms with Crippen LogP contribution in [0.5, 0.6) is 0 Å². The van der Waals surface area contributed by atoms with Crippen LogP contribution in [0.25, 0.3) is 0 Å².